The van der Waals surface area contributed by atoms with Crippen molar-refractivity contribution < 1.29 is 0 Å². The SMILES string of the molecule is Clc1ccc2c(-c3nc4ccc(NCCc5cccnc5)cc4[nH]3)n[nH]c2c1. The van der Waals surface area contributed by atoms with Gasteiger partial charge in [0.05, 0.1) is 16.6 Å². The van der Waals surface area contributed by atoms with Gasteiger partial charge < -0.3 is 10.3 Å². The first kappa shape index (κ1) is 16.8. The predicted octanol–water partition coefficient (Wildman–Crippen LogP) is 4.81. The third-order valence-corrected chi connectivity index (χ3v) is 4.93. The summed E-state index contributed by atoms with van der Waals surface area (Å²) in [5, 5.41) is 12.5. The number of benzene rings is 2. The number of imidazole rings is 1. The largest absolute Gasteiger partial charge is 0.385 e. The van der Waals surface area contributed by atoms with Gasteiger partial charge in [-0.3, -0.25) is 10.1 Å². The Balaban J connectivity index is 1.39. The average Bonchev–Trinajstić information content (AvgIpc) is 3.31. The lowest BCUT2D eigenvalue weighted by atomic mass is 10.2. The molecule has 28 heavy (non-hydrogen) atoms. The lowest BCUT2D eigenvalue weighted by Gasteiger charge is -2.06. The molecule has 0 saturated carbocycles. The van der Waals surface area contributed by atoms with Crippen LogP contribution in [0.15, 0.2) is 60.9 Å². The van der Waals surface area contributed by atoms with Crippen molar-refractivity contribution in [1.29, 1.82) is 0 Å². The zero-order valence-corrected chi connectivity index (χ0v) is 15.7. The molecular formula is C21H17ClN6. The van der Waals surface area contributed by atoms with E-state index in [1.54, 1.807) is 6.20 Å². The molecule has 5 rings (SSSR count). The number of rotatable bonds is 5. The Morgan fingerprint density at radius 1 is 1.04 bits per heavy atom. The van der Waals surface area contributed by atoms with Crippen LogP contribution >= 0.6 is 11.6 Å². The van der Waals surface area contributed by atoms with Crippen LogP contribution in [0.1, 0.15) is 5.56 Å². The second-order valence-electron chi connectivity index (χ2n) is 6.62. The fraction of sp³-hybridized carbons (Fsp3) is 0.0952. The van der Waals surface area contributed by atoms with Crippen LogP contribution in [0.2, 0.25) is 5.02 Å². The maximum absolute atomic E-state index is 6.05. The molecule has 5 aromatic rings. The van der Waals surface area contributed by atoms with Gasteiger partial charge in [-0.2, -0.15) is 5.10 Å². The smallest absolute Gasteiger partial charge is 0.159 e. The minimum absolute atomic E-state index is 0.675. The first-order valence-corrected chi connectivity index (χ1v) is 9.40. The maximum atomic E-state index is 6.05. The van der Waals surface area contributed by atoms with E-state index in [0.29, 0.717) is 5.02 Å². The molecule has 3 heterocycles. The fourth-order valence-corrected chi connectivity index (χ4v) is 3.47. The lowest BCUT2D eigenvalue weighted by molar-refractivity contribution is 1.01. The van der Waals surface area contributed by atoms with Gasteiger partial charge >= 0.3 is 0 Å². The molecular weight excluding hydrogens is 372 g/mol. The monoisotopic (exact) mass is 388 g/mol. The van der Waals surface area contributed by atoms with Crippen molar-refractivity contribution in [3.63, 3.8) is 0 Å². The van der Waals surface area contributed by atoms with E-state index in [1.165, 1.54) is 5.56 Å². The Labute approximate surface area is 166 Å². The predicted molar refractivity (Wildman–Crippen MR) is 113 cm³/mol. The summed E-state index contributed by atoms with van der Waals surface area (Å²) >= 11 is 6.05. The normalized spacial score (nSPS) is 11.3. The molecule has 3 aromatic heterocycles. The molecule has 0 amide bonds. The molecule has 0 fully saturated rings. The topological polar surface area (TPSA) is 82.3 Å². The summed E-state index contributed by atoms with van der Waals surface area (Å²) in [6, 6.07) is 15.8. The first-order chi connectivity index (χ1) is 13.8. The van der Waals surface area contributed by atoms with E-state index in [0.717, 1.165) is 52.1 Å². The van der Waals surface area contributed by atoms with Crippen molar-refractivity contribution in [1.82, 2.24) is 25.1 Å². The number of nitrogens with zero attached hydrogens (tertiary/aromatic N) is 3. The van der Waals surface area contributed by atoms with E-state index < -0.39 is 0 Å². The summed E-state index contributed by atoms with van der Waals surface area (Å²) in [6.45, 7) is 0.836. The van der Waals surface area contributed by atoms with E-state index in [1.807, 2.05) is 42.6 Å². The Hall–Kier alpha value is -3.38. The minimum atomic E-state index is 0.675. The number of halogens is 1. The Morgan fingerprint density at radius 2 is 2.00 bits per heavy atom. The van der Waals surface area contributed by atoms with Crippen LogP contribution in [0.3, 0.4) is 0 Å². The zero-order valence-electron chi connectivity index (χ0n) is 14.9. The molecule has 3 N–H and O–H groups in total. The highest BCUT2D eigenvalue weighted by atomic mass is 35.5. The van der Waals surface area contributed by atoms with Gasteiger partial charge in [-0.05, 0) is 54.4 Å². The molecule has 0 radical (unpaired) electrons. The van der Waals surface area contributed by atoms with Gasteiger partial charge in [0.1, 0.15) is 5.69 Å². The molecule has 0 atom stereocenters. The van der Waals surface area contributed by atoms with Gasteiger partial charge in [-0.25, -0.2) is 4.98 Å². The second kappa shape index (κ2) is 6.98. The standard InChI is InChI=1S/C21H17ClN6/c22-14-3-5-16-18(10-14)27-28-20(16)21-25-17-6-4-15(11-19(17)26-21)24-9-7-13-2-1-8-23-12-13/h1-6,8,10-12,24H,7,9H2,(H,25,26)(H,27,28). The first-order valence-electron chi connectivity index (χ1n) is 9.03. The van der Waals surface area contributed by atoms with Crippen molar-refractivity contribution in [3.8, 4) is 11.5 Å². The highest BCUT2D eigenvalue weighted by Crippen LogP contribution is 2.28. The summed E-state index contributed by atoms with van der Waals surface area (Å²) in [6.07, 6.45) is 4.60. The van der Waals surface area contributed by atoms with Crippen molar-refractivity contribution in [2.45, 2.75) is 6.42 Å². The van der Waals surface area contributed by atoms with Gasteiger partial charge in [0, 0.05) is 35.0 Å². The van der Waals surface area contributed by atoms with Crippen LogP contribution in [0.25, 0.3) is 33.5 Å². The number of fused-ring (bicyclic) bond motifs is 2. The van der Waals surface area contributed by atoms with E-state index in [4.69, 9.17) is 11.6 Å². The summed E-state index contributed by atoms with van der Waals surface area (Å²) < 4.78 is 0. The van der Waals surface area contributed by atoms with Crippen LogP contribution in [0, 0.1) is 0 Å². The van der Waals surface area contributed by atoms with Crippen molar-refractivity contribution in [2.75, 3.05) is 11.9 Å². The molecule has 7 heteroatoms. The summed E-state index contributed by atoms with van der Waals surface area (Å²) in [5.41, 5.74) is 5.80. The quantitative estimate of drug-likeness (QED) is 0.403. The third-order valence-electron chi connectivity index (χ3n) is 4.70. The van der Waals surface area contributed by atoms with E-state index in [9.17, 15) is 0 Å². The van der Waals surface area contributed by atoms with Gasteiger partial charge in [0.25, 0.3) is 0 Å². The van der Waals surface area contributed by atoms with Crippen LogP contribution < -0.4 is 5.32 Å². The van der Waals surface area contributed by atoms with Crippen molar-refractivity contribution in [3.05, 3.63) is 71.5 Å². The number of anilines is 1. The average molecular weight is 389 g/mol. The number of aromatic amines is 2. The number of H-pyrrole nitrogens is 2. The molecule has 0 aliphatic heterocycles. The lowest BCUT2D eigenvalue weighted by Crippen LogP contribution is -2.04. The molecule has 0 unspecified atom stereocenters. The zero-order chi connectivity index (χ0) is 18.9. The number of hydrogen-bond donors (Lipinski definition) is 3. The molecule has 0 saturated heterocycles. The van der Waals surface area contributed by atoms with Gasteiger partial charge in [0.2, 0.25) is 0 Å². The van der Waals surface area contributed by atoms with Crippen molar-refractivity contribution >= 4 is 39.2 Å². The van der Waals surface area contributed by atoms with E-state index in [2.05, 4.69) is 42.6 Å². The maximum Gasteiger partial charge on any atom is 0.159 e. The molecule has 0 spiro atoms. The van der Waals surface area contributed by atoms with Crippen LogP contribution in [-0.4, -0.2) is 31.7 Å². The molecule has 0 aliphatic carbocycles. The Morgan fingerprint density at radius 3 is 2.89 bits per heavy atom. The Kier molecular flexibility index (Phi) is 4.18. The molecule has 6 nitrogen and oxygen atoms in total. The van der Waals surface area contributed by atoms with Gasteiger partial charge in [-0.15, -0.1) is 0 Å². The number of nitrogens with one attached hydrogen (secondary N) is 3. The number of aromatic nitrogens is 5. The van der Waals surface area contributed by atoms with Crippen LogP contribution in [0.5, 0.6) is 0 Å². The van der Waals surface area contributed by atoms with E-state index >= 15 is 0 Å². The fourth-order valence-electron chi connectivity index (χ4n) is 3.30. The van der Waals surface area contributed by atoms with Crippen molar-refractivity contribution in [2.24, 2.45) is 0 Å². The molecule has 2 aromatic carbocycles. The number of pyridine rings is 1. The van der Waals surface area contributed by atoms with Crippen LogP contribution in [-0.2, 0) is 6.42 Å². The summed E-state index contributed by atoms with van der Waals surface area (Å²) in [5.74, 6) is 0.732. The highest BCUT2D eigenvalue weighted by molar-refractivity contribution is 6.31. The van der Waals surface area contributed by atoms with Crippen LogP contribution in [0.4, 0.5) is 5.69 Å². The second-order valence-corrected chi connectivity index (χ2v) is 7.05. The minimum Gasteiger partial charge on any atom is -0.385 e. The van der Waals surface area contributed by atoms with Gasteiger partial charge in [-0.1, -0.05) is 17.7 Å². The van der Waals surface area contributed by atoms with E-state index in [-0.39, 0.29) is 0 Å². The molecule has 138 valence electrons. The molecule has 0 bridgehead atoms. The van der Waals surface area contributed by atoms with Gasteiger partial charge in [0.15, 0.2) is 5.82 Å². The highest BCUT2D eigenvalue weighted by Gasteiger charge is 2.13. The molecule has 0 aliphatic rings. The number of hydrogen-bond acceptors (Lipinski definition) is 4. The summed E-state index contributed by atoms with van der Waals surface area (Å²) in [4.78, 5) is 12.2. The Bertz CT molecular complexity index is 1260. The summed E-state index contributed by atoms with van der Waals surface area (Å²) in [7, 11) is 0. The third kappa shape index (κ3) is 3.18.